The monoisotopic (exact) mass is 241 g/mol. The molecule has 0 aliphatic carbocycles. The highest BCUT2D eigenvalue weighted by Crippen LogP contribution is 2.27. The fraction of sp³-hybridized carbons (Fsp3) is 0.300. The normalized spacial score (nSPS) is 10.8. The number of carbonyl (C=O) groups excluding carboxylic acids is 1. The lowest BCUT2D eigenvalue weighted by Crippen LogP contribution is -2.09. The summed E-state index contributed by atoms with van der Waals surface area (Å²) in [7, 11) is 0. The molecule has 0 radical (unpaired) electrons. The molecule has 0 atom stereocenters. The predicted octanol–water partition coefficient (Wildman–Crippen LogP) is 1.86. The molecule has 7 heteroatoms. The Morgan fingerprint density at radius 2 is 2.18 bits per heavy atom. The summed E-state index contributed by atoms with van der Waals surface area (Å²) in [5.74, 6) is -3.70. The summed E-state index contributed by atoms with van der Waals surface area (Å²) in [6, 6.07) is 0. The van der Waals surface area contributed by atoms with Gasteiger partial charge in [-0.1, -0.05) is 6.92 Å². The molecule has 2 heterocycles. The van der Waals surface area contributed by atoms with E-state index in [1.54, 1.807) is 6.92 Å². The zero-order valence-corrected chi connectivity index (χ0v) is 9.17. The number of aromatic amines is 1. The first-order chi connectivity index (χ1) is 8.04. The summed E-state index contributed by atoms with van der Waals surface area (Å²) in [6.45, 7) is 3.08. The number of H-pyrrole nitrogens is 1. The average molecular weight is 241 g/mol. The molecule has 0 aromatic carbocycles. The molecular formula is C10H9F2N3O2. The molecule has 0 fully saturated rings. The zero-order valence-electron chi connectivity index (χ0n) is 9.17. The maximum atomic E-state index is 13.8. The maximum Gasteiger partial charge on any atom is 0.311 e. The molecule has 90 valence electrons. The molecule has 0 aliphatic heterocycles. The van der Waals surface area contributed by atoms with Crippen LogP contribution in [0.25, 0.3) is 11.0 Å². The average Bonchev–Trinajstić information content (AvgIpc) is 2.66. The highest BCUT2D eigenvalue weighted by molar-refractivity contribution is 5.80. The fourth-order valence-electron chi connectivity index (χ4n) is 1.34. The number of pyridine rings is 1. The number of hydrogen-bond acceptors (Lipinski definition) is 4. The summed E-state index contributed by atoms with van der Waals surface area (Å²) in [4.78, 5) is 14.5. The number of nitrogens with zero attached hydrogens (tertiary/aromatic N) is 2. The van der Waals surface area contributed by atoms with Crippen LogP contribution in [0, 0.1) is 18.7 Å². The lowest BCUT2D eigenvalue weighted by atomic mass is 10.3. The first kappa shape index (κ1) is 11.4. The second-order valence-electron chi connectivity index (χ2n) is 3.41. The molecule has 2 aromatic rings. The summed E-state index contributed by atoms with van der Waals surface area (Å²) >= 11 is 0. The van der Waals surface area contributed by atoms with Crippen molar-refractivity contribution in [1.82, 2.24) is 15.2 Å². The van der Waals surface area contributed by atoms with Crippen molar-refractivity contribution < 1.29 is 18.3 Å². The van der Waals surface area contributed by atoms with Crippen LogP contribution in [0.3, 0.4) is 0 Å². The summed E-state index contributed by atoms with van der Waals surface area (Å²) in [6.07, 6.45) is 0.0128. The van der Waals surface area contributed by atoms with Gasteiger partial charge in [0.05, 0.1) is 5.69 Å². The Morgan fingerprint density at radius 1 is 1.47 bits per heavy atom. The van der Waals surface area contributed by atoms with E-state index < -0.39 is 23.5 Å². The van der Waals surface area contributed by atoms with Gasteiger partial charge in [0, 0.05) is 6.42 Å². The third-order valence-electron chi connectivity index (χ3n) is 2.24. The van der Waals surface area contributed by atoms with E-state index in [1.807, 2.05) is 0 Å². The van der Waals surface area contributed by atoms with Crippen LogP contribution in [0.15, 0.2) is 0 Å². The van der Waals surface area contributed by atoms with Crippen molar-refractivity contribution in [2.75, 3.05) is 0 Å². The minimum absolute atomic E-state index is 0.0128. The molecule has 0 bridgehead atoms. The van der Waals surface area contributed by atoms with Crippen molar-refractivity contribution in [2.24, 2.45) is 0 Å². The van der Waals surface area contributed by atoms with Crippen molar-refractivity contribution >= 4 is 17.0 Å². The van der Waals surface area contributed by atoms with Crippen LogP contribution >= 0.6 is 0 Å². The second kappa shape index (κ2) is 4.08. The van der Waals surface area contributed by atoms with Crippen LogP contribution in [0.5, 0.6) is 5.75 Å². The molecule has 0 unspecified atom stereocenters. The highest BCUT2D eigenvalue weighted by Gasteiger charge is 2.21. The first-order valence-electron chi connectivity index (χ1n) is 4.95. The van der Waals surface area contributed by atoms with Gasteiger partial charge < -0.3 is 4.74 Å². The van der Waals surface area contributed by atoms with Crippen molar-refractivity contribution in [2.45, 2.75) is 20.3 Å². The van der Waals surface area contributed by atoms with E-state index in [-0.39, 0.29) is 17.5 Å². The Hall–Kier alpha value is -2.05. The summed E-state index contributed by atoms with van der Waals surface area (Å²) < 4.78 is 31.8. The van der Waals surface area contributed by atoms with Gasteiger partial charge in [-0.3, -0.25) is 9.89 Å². The van der Waals surface area contributed by atoms with Gasteiger partial charge in [-0.15, -0.1) is 0 Å². The predicted molar refractivity (Wildman–Crippen MR) is 54.5 cm³/mol. The molecule has 1 N–H and O–H groups in total. The quantitative estimate of drug-likeness (QED) is 0.643. The molecule has 5 nitrogen and oxygen atoms in total. The Balaban J connectivity index is 2.60. The number of halogens is 2. The van der Waals surface area contributed by atoms with Gasteiger partial charge in [-0.2, -0.15) is 9.49 Å². The van der Waals surface area contributed by atoms with Crippen molar-refractivity contribution in [3.63, 3.8) is 0 Å². The molecular weight excluding hydrogens is 232 g/mol. The van der Waals surface area contributed by atoms with Gasteiger partial charge in [-0.05, 0) is 6.92 Å². The molecule has 2 rings (SSSR count). The van der Waals surface area contributed by atoms with Crippen LogP contribution in [0.2, 0.25) is 0 Å². The maximum absolute atomic E-state index is 13.8. The number of ether oxygens (including phenoxy) is 1. The third-order valence-corrected chi connectivity index (χ3v) is 2.24. The summed E-state index contributed by atoms with van der Waals surface area (Å²) in [5, 5.41) is 6.07. The standard InChI is InChI=1S/C10H9F2N3O2/c1-3-5(16)17-9-6(11)8-7(13-10(9)12)4(2)14-15-8/h3H2,1-2H3,(H,14,15). The van der Waals surface area contributed by atoms with E-state index >= 15 is 0 Å². The zero-order chi connectivity index (χ0) is 12.6. The minimum Gasteiger partial charge on any atom is -0.418 e. The lowest BCUT2D eigenvalue weighted by molar-refractivity contribution is -0.134. The van der Waals surface area contributed by atoms with Crippen molar-refractivity contribution in [3.05, 3.63) is 17.5 Å². The fourth-order valence-corrected chi connectivity index (χ4v) is 1.34. The van der Waals surface area contributed by atoms with Crippen LogP contribution in [-0.4, -0.2) is 21.2 Å². The van der Waals surface area contributed by atoms with Gasteiger partial charge in [0.1, 0.15) is 11.0 Å². The Bertz CT molecular complexity index is 595. The number of rotatable bonds is 2. The lowest BCUT2D eigenvalue weighted by Gasteiger charge is -2.05. The van der Waals surface area contributed by atoms with Crippen LogP contribution in [-0.2, 0) is 4.79 Å². The molecule has 0 saturated heterocycles. The SMILES string of the molecule is CCC(=O)Oc1c(F)nc2c(C)n[nH]c2c1F. The Kier molecular flexibility index (Phi) is 2.74. The molecule has 0 spiro atoms. The minimum atomic E-state index is -1.17. The molecule has 17 heavy (non-hydrogen) atoms. The van der Waals surface area contributed by atoms with Crippen LogP contribution in [0.1, 0.15) is 19.0 Å². The van der Waals surface area contributed by atoms with Crippen molar-refractivity contribution in [3.8, 4) is 5.75 Å². The van der Waals surface area contributed by atoms with Crippen LogP contribution < -0.4 is 4.74 Å². The largest absolute Gasteiger partial charge is 0.418 e. The van der Waals surface area contributed by atoms with Gasteiger partial charge in [-0.25, -0.2) is 9.37 Å². The Labute approximate surface area is 94.8 Å². The number of esters is 1. The van der Waals surface area contributed by atoms with E-state index in [9.17, 15) is 13.6 Å². The smallest absolute Gasteiger partial charge is 0.311 e. The van der Waals surface area contributed by atoms with E-state index in [2.05, 4.69) is 19.9 Å². The summed E-state index contributed by atoms with van der Waals surface area (Å²) in [5.41, 5.74) is 0.366. The van der Waals surface area contributed by atoms with E-state index in [0.717, 1.165) is 0 Å². The topological polar surface area (TPSA) is 67.9 Å². The van der Waals surface area contributed by atoms with E-state index in [4.69, 9.17) is 0 Å². The van der Waals surface area contributed by atoms with Crippen LogP contribution in [0.4, 0.5) is 8.78 Å². The van der Waals surface area contributed by atoms with Gasteiger partial charge in [0.15, 0.2) is 5.82 Å². The number of carbonyl (C=O) groups is 1. The number of aryl methyl sites for hydroxylation is 1. The number of hydrogen-bond donors (Lipinski definition) is 1. The third kappa shape index (κ3) is 1.83. The molecule has 0 saturated carbocycles. The Morgan fingerprint density at radius 3 is 2.82 bits per heavy atom. The van der Waals surface area contributed by atoms with E-state index in [0.29, 0.717) is 5.69 Å². The number of fused-ring (bicyclic) bond motifs is 1. The number of nitrogens with one attached hydrogen (secondary N) is 1. The van der Waals surface area contributed by atoms with E-state index in [1.165, 1.54) is 6.92 Å². The van der Waals surface area contributed by atoms with Gasteiger partial charge in [0.25, 0.3) is 5.95 Å². The molecule has 0 aliphatic rings. The second-order valence-corrected chi connectivity index (χ2v) is 3.41. The van der Waals surface area contributed by atoms with Crippen molar-refractivity contribution in [1.29, 1.82) is 0 Å². The highest BCUT2D eigenvalue weighted by atomic mass is 19.1. The molecule has 0 amide bonds. The van der Waals surface area contributed by atoms with Gasteiger partial charge >= 0.3 is 5.97 Å². The van der Waals surface area contributed by atoms with Gasteiger partial charge in [0.2, 0.25) is 5.75 Å². The molecule has 2 aromatic heterocycles. The number of aromatic nitrogens is 3. The first-order valence-corrected chi connectivity index (χ1v) is 4.95.